The number of imide groups is 1. The summed E-state index contributed by atoms with van der Waals surface area (Å²) in [7, 11) is 0. The molecule has 4 heteroatoms. The molecule has 1 rings (SSSR count). The van der Waals surface area contributed by atoms with Crippen molar-refractivity contribution in [2.75, 3.05) is 13.1 Å². The predicted molar refractivity (Wildman–Crippen MR) is 53.0 cm³/mol. The van der Waals surface area contributed by atoms with Crippen LogP contribution in [0.1, 0.15) is 28.2 Å². The van der Waals surface area contributed by atoms with Crippen LogP contribution in [0.25, 0.3) is 0 Å². The van der Waals surface area contributed by atoms with Gasteiger partial charge in [0, 0.05) is 25.4 Å². The van der Waals surface area contributed by atoms with Crippen molar-refractivity contribution in [3.8, 4) is 0 Å². The molecule has 1 saturated heterocycles. The number of carbonyl (C=O) groups excluding carboxylic acids is 2. The Balaban J connectivity index is 0. The Morgan fingerprint density at radius 1 is 1.46 bits per heavy atom. The maximum Gasteiger partial charge on any atom is 0.232 e. The van der Waals surface area contributed by atoms with Gasteiger partial charge in [-0.25, -0.2) is 0 Å². The van der Waals surface area contributed by atoms with Crippen molar-refractivity contribution >= 4 is 11.8 Å². The summed E-state index contributed by atoms with van der Waals surface area (Å²) in [5.74, 6) is -0.317. The zero-order valence-electron chi connectivity index (χ0n) is 6.54. The van der Waals surface area contributed by atoms with Crippen molar-refractivity contribution < 1.29 is 9.59 Å². The molecule has 4 nitrogen and oxygen atoms in total. The van der Waals surface area contributed by atoms with Gasteiger partial charge in [0.05, 0.1) is 0 Å². The first-order valence-electron chi connectivity index (χ1n) is 3.71. The largest absolute Gasteiger partial charge is 0.329 e. The highest BCUT2D eigenvalue weighted by molar-refractivity contribution is 6.03. The average molecular weight is 188 g/mol. The van der Waals surface area contributed by atoms with Gasteiger partial charge in [0.25, 0.3) is 0 Å². The van der Waals surface area contributed by atoms with E-state index in [9.17, 15) is 9.59 Å². The zero-order valence-corrected chi connectivity index (χ0v) is 6.54. The van der Waals surface area contributed by atoms with Crippen LogP contribution < -0.4 is 5.73 Å². The fourth-order valence-corrected chi connectivity index (χ4v) is 1.21. The highest BCUT2D eigenvalue weighted by Crippen LogP contribution is 2.17. The molecule has 1 unspecified atom stereocenters. The van der Waals surface area contributed by atoms with Crippen molar-refractivity contribution in [3.05, 3.63) is 0 Å². The second kappa shape index (κ2) is 5.70. The number of hydrogen-bond acceptors (Lipinski definition) is 3. The first-order valence-corrected chi connectivity index (χ1v) is 3.71. The Morgan fingerprint density at radius 2 is 2.00 bits per heavy atom. The molecule has 0 aromatic carbocycles. The Hall–Kier alpha value is -0.900. The van der Waals surface area contributed by atoms with Gasteiger partial charge in [-0.1, -0.05) is 21.8 Å². The van der Waals surface area contributed by atoms with Crippen LogP contribution in [0.5, 0.6) is 0 Å². The third-order valence-electron chi connectivity index (χ3n) is 1.82. The summed E-state index contributed by atoms with van der Waals surface area (Å²) in [5.41, 5.74) is 5.23. The number of amides is 2. The summed E-state index contributed by atoms with van der Waals surface area (Å²) in [6, 6.07) is 0. The molecule has 2 amide bonds. The highest BCUT2D eigenvalue weighted by atomic mass is 16.2. The van der Waals surface area contributed by atoms with Crippen LogP contribution in [0.2, 0.25) is 0 Å². The van der Waals surface area contributed by atoms with Gasteiger partial charge in [-0.05, 0) is 0 Å². The third kappa shape index (κ3) is 2.81. The number of nitrogens with two attached hydrogens (primary N) is 1. The predicted octanol–water partition coefficient (Wildman–Crippen LogP) is 0.612. The summed E-state index contributed by atoms with van der Waals surface area (Å²) in [6.07, 6.45) is 0.346. The van der Waals surface area contributed by atoms with Gasteiger partial charge < -0.3 is 5.73 Å². The normalized spacial score (nSPS) is 21.1. The zero-order chi connectivity index (χ0) is 8.43. The topological polar surface area (TPSA) is 63.4 Å². The van der Waals surface area contributed by atoms with E-state index in [-0.39, 0.29) is 32.6 Å². The fourth-order valence-electron chi connectivity index (χ4n) is 1.21. The van der Waals surface area contributed by atoms with E-state index < -0.39 is 0 Å². The van der Waals surface area contributed by atoms with Gasteiger partial charge in [-0.3, -0.25) is 14.5 Å². The van der Waals surface area contributed by atoms with Gasteiger partial charge in [0.2, 0.25) is 11.8 Å². The van der Waals surface area contributed by atoms with Crippen LogP contribution in [0.4, 0.5) is 0 Å². The molecule has 0 aromatic heterocycles. The lowest BCUT2D eigenvalue weighted by atomic mass is 10.1. The SMILES string of the molecule is C.C.CC1CC(=O)N(CCN)C1=O. The number of likely N-dealkylation sites (tertiary alicyclic amines) is 1. The summed E-state index contributed by atoms with van der Waals surface area (Å²) >= 11 is 0. The van der Waals surface area contributed by atoms with Crippen LogP contribution in [0.3, 0.4) is 0 Å². The molecule has 0 saturated carbocycles. The van der Waals surface area contributed by atoms with Gasteiger partial charge in [-0.15, -0.1) is 0 Å². The first-order chi connectivity index (χ1) is 5.16. The van der Waals surface area contributed by atoms with Gasteiger partial charge in [-0.2, -0.15) is 0 Å². The Bertz CT molecular complexity index is 192. The molecule has 0 aliphatic carbocycles. The molecule has 0 aromatic rings. The lowest BCUT2D eigenvalue weighted by molar-refractivity contribution is -0.139. The van der Waals surface area contributed by atoms with E-state index in [0.29, 0.717) is 19.5 Å². The molecule has 0 spiro atoms. The van der Waals surface area contributed by atoms with E-state index in [0.717, 1.165) is 0 Å². The molecule has 0 bridgehead atoms. The lowest BCUT2D eigenvalue weighted by Crippen LogP contribution is -2.34. The molecule has 1 atom stereocenters. The molecule has 1 aliphatic heterocycles. The molecule has 0 radical (unpaired) electrons. The van der Waals surface area contributed by atoms with Crippen LogP contribution in [-0.2, 0) is 9.59 Å². The third-order valence-corrected chi connectivity index (χ3v) is 1.82. The van der Waals surface area contributed by atoms with Gasteiger partial charge >= 0.3 is 0 Å². The molecule has 1 heterocycles. The minimum Gasteiger partial charge on any atom is -0.329 e. The van der Waals surface area contributed by atoms with E-state index >= 15 is 0 Å². The Kier molecular flexibility index (Phi) is 6.40. The standard InChI is InChI=1S/C7H12N2O2.2CH4/c1-5-4-6(10)9(3-2-8)7(5)11;;/h5H,2-4,8H2,1H3;2*1H4. The minimum atomic E-state index is -0.144. The lowest BCUT2D eigenvalue weighted by Gasteiger charge is -2.11. The number of carbonyl (C=O) groups is 2. The molecular weight excluding hydrogens is 168 g/mol. The van der Waals surface area contributed by atoms with Crippen molar-refractivity contribution in [1.29, 1.82) is 0 Å². The van der Waals surface area contributed by atoms with Crippen LogP contribution in [0.15, 0.2) is 0 Å². The number of hydrogen-bond donors (Lipinski definition) is 1. The molecule has 2 N–H and O–H groups in total. The van der Waals surface area contributed by atoms with E-state index in [2.05, 4.69) is 0 Å². The van der Waals surface area contributed by atoms with Crippen molar-refractivity contribution in [3.63, 3.8) is 0 Å². The van der Waals surface area contributed by atoms with Gasteiger partial charge in [0.1, 0.15) is 0 Å². The number of rotatable bonds is 2. The smallest absolute Gasteiger partial charge is 0.232 e. The Morgan fingerprint density at radius 3 is 2.31 bits per heavy atom. The summed E-state index contributed by atoms with van der Waals surface area (Å²) in [6.45, 7) is 2.48. The first kappa shape index (κ1) is 14.6. The fraction of sp³-hybridized carbons (Fsp3) is 0.778. The second-order valence-corrected chi connectivity index (χ2v) is 2.78. The van der Waals surface area contributed by atoms with Crippen LogP contribution >= 0.6 is 0 Å². The van der Waals surface area contributed by atoms with E-state index in [1.54, 1.807) is 6.92 Å². The maximum absolute atomic E-state index is 11.2. The second-order valence-electron chi connectivity index (χ2n) is 2.78. The van der Waals surface area contributed by atoms with Crippen LogP contribution in [0, 0.1) is 5.92 Å². The van der Waals surface area contributed by atoms with Crippen LogP contribution in [-0.4, -0.2) is 29.8 Å². The minimum absolute atomic E-state index is 0. The average Bonchev–Trinajstić information content (AvgIpc) is 2.17. The molecule has 1 fully saturated rings. The quantitative estimate of drug-likeness (QED) is 0.646. The van der Waals surface area contributed by atoms with Gasteiger partial charge in [0.15, 0.2) is 0 Å². The maximum atomic E-state index is 11.2. The summed E-state index contributed by atoms with van der Waals surface area (Å²) in [4.78, 5) is 23.4. The van der Waals surface area contributed by atoms with E-state index in [4.69, 9.17) is 5.73 Å². The molecule has 1 aliphatic rings. The molecule has 78 valence electrons. The highest BCUT2D eigenvalue weighted by Gasteiger charge is 2.34. The molecule has 13 heavy (non-hydrogen) atoms. The van der Waals surface area contributed by atoms with E-state index in [1.807, 2.05) is 0 Å². The monoisotopic (exact) mass is 188 g/mol. The molecular formula is C9H20N2O2. The number of nitrogens with zero attached hydrogens (tertiary/aromatic N) is 1. The van der Waals surface area contributed by atoms with E-state index in [1.165, 1.54) is 4.90 Å². The summed E-state index contributed by atoms with van der Waals surface area (Å²) < 4.78 is 0. The van der Waals surface area contributed by atoms with Crippen molar-refractivity contribution in [1.82, 2.24) is 4.90 Å². The van der Waals surface area contributed by atoms with Crippen molar-refractivity contribution in [2.24, 2.45) is 11.7 Å². The van der Waals surface area contributed by atoms with Crippen molar-refractivity contribution in [2.45, 2.75) is 28.2 Å². The summed E-state index contributed by atoms with van der Waals surface area (Å²) in [5, 5.41) is 0. The Labute approximate surface area is 80.1 Å².